The molecule has 3 rings (SSSR count). The molecule has 0 aromatic heterocycles. The van der Waals surface area contributed by atoms with Crippen molar-refractivity contribution in [3.05, 3.63) is 54.1 Å². The predicted molar refractivity (Wildman–Crippen MR) is 101 cm³/mol. The van der Waals surface area contributed by atoms with Crippen LogP contribution in [0.3, 0.4) is 0 Å². The zero-order valence-electron chi connectivity index (χ0n) is 15.5. The van der Waals surface area contributed by atoms with Gasteiger partial charge < -0.3 is 24.4 Å². The SMILES string of the molecule is CNC(=O)C1CN(C(=O)COC(=O)c2cccc(OC)c2)c2ccccc2O1. The Morgan fingerprint density at radius 1 is 1.18 bits per heavy atom. The molecule has 0 aliphatic carbocycles. The van der Waals surface area contributed by atoms with Gasteiger partial charge in [0, 0.05) is 7.05 Å². The summed E-state index contributed by atoms with van der Waals surface area (Å²) in [6.45, 7) is -0.447. The number of benzene rings is 2. The van der Waals surface area contributed by atoms with Gasteiger partial charge in [-0.2, -0.15) is 0 Å². The molecule has 2 aromatic rings. The highest BCUT2D eigenvalue weighted by molar-refractivity contribution is 5.99. The topological polar surface area (TPSA) is 94.2 Å². The van der Waals surface area contributed by atoms with Crippen molar-refractivity contribution >= 4 is 23.5 Å². The smallest absolute Gasteiger partial charge is 0.338 e. The first-order chi connectivity index (χ1) is 13.5. The predicted octanol–water partition coefficient (Wildman–Crippen LogP) is 1.39. The lowest BCUT2D eigenvalue weighted by atomic mass is 10.1. The van der Waals surface area contributed by atoms with Crippen molar-refractivity contribution in [2.24, 2.45) is 0 Å². The maximum atomic E-state index is 12.7. The molecule has 0 saturated carbocycles. The number of likely N-dealkylation sites (N-methyl/N-ethyl adjacent to an activating group) is 1. The number of hydrogen-bond donors (Lipinski definition) is 1. The van der Waals surface area contributed by atoms with Crippen LogP contribution in [0.2, 0.25) is 0 Å². The minimum atomic E-state index is -0.849. The Hall–Kier alpha value is -3.55. The number of nitrogens with one attached hydrogen (secondary N) is 1. The molecule has 8 heteroatoms. The van der Waals surface area contributed by atoms with Gasteiger partial charge in [-0.15, -0.1) is 0 Å². The number of amides is 2. The molecule has 1 N–H and O–H groups in total. The standard InChI is InChI=1S/C20H20N2O6/c1-21-19(24)17-11-22(15-8-3-4-9-16(15)28-17)18(23)12-27-20(25)13-6-5-7-14(10-13)26-2/h3-10,17H,11-12H2,1-2H3,(H,21,24). The minimum absolute atomic E-state index is 0.0201. The van der Waals surface area contributed by atoms with Crippen LogP contribution >= 0.6 is 0 Å². The van der Waals surface area contributed by atoms with Crippen LogP contribution in [0.5, 0.6) is 11.5 Å². The van der Waals surface area contributed by atoms with Crippen molar-refractivity contribution in [2.45, 2.75) is 6.10 Å². The first kappa shape index (κ1) is 19.2. The van der Waals surface area contributed by atoms with Crippen LogP contribution < -0.4 is 19.7 Å². The summed E-state index contributed by atoms with van der Waals surface area (Å²) >= 11 is 0. The van der Waals surface area contributed by atoms with Gasteiger partial charge in [-0.1, -0.05) is 18.2 Å². The summed E-state index contributed by atoms with van der Waals surface area (Å²) in [5, 5.41) is 2.51. The van der Waals surface area contributed by atoms with Gasteiger partial charge in [-0.05, 0) is 30.3 Å². The van der Waals surface area contributed by atoms with Crippen molar-refractivity contribution in [1.82, 2.24) is 5.32 Å². The van der Waals surface area contributed by atoms with E-state index in [1.807, 2.05) is 0 Å². The second kappa shape index (κ2) is 8.43. The second-order valence-electron chi connectivity index (χ2n) is 6.00. The van der Waals surface area contributed by atoms with Crippen molar-refractivity contribution in [3.8, 4) is 11.5 Å². The number of anilines is 1. The summed E-state index contributed by atoms with van der Waals surface area (Å²) < 4.78 is 15.9. The fourth-order valence-corrected chi connectivity index (χ4v) is 2.81. The molecular weight excluding hydrogens is 364 g/mol. The summed E-state index contributed by atoms with van der Waals surface area (Å²) in [5.41, 5.74) is 0.794. The van der Waals surface area contributed by atoms with Crippen LogP contribution in [0.25, 0.3) is 0 Å². The molecular formula is C20H20N2O6. The minimum Gasteiger partial charge on any atom is -0.497 e. The molecule has 8 nitrogen and oxygen atoms in total. The van der Waals surface area contributed by atoms with Gasteiger partial charge in [0.05, 0.1) is 24.9 Å². The van der Waals surface area contributed by atoms with E-state index in [0.29, 0.717) is 17.2 Å². The van der Waals surface area contributed by atoms with E-state index in [4.69, 9.17) is 14.2 Å². The van der Waals surface area contributed by atoms with E-state index >= 15 is 0 Å². The fourth-order valence-electron chi connectivity index (χ4n) is 2.81. The van der Waals surface area contributed by atoms with Crippen LogP contribution in [0.4, 0.5) is 5.69 Å². The molecule has 2 aromatic carbocycles. The third kappa shape index (κ3) is 4.06. The summed E-state index contributed by atoms with van der Waals surface area (Å²) in [6, 6.07) is 13.3. The second-order valence-corrected chi connectivity index (χ2v) is 6.00. The van der Waals surface area contributed by atoms with Gasteiger partial charge in [0.25, 0.3) is 11.8 Å². The van der Waals surface area contributed by atoms with Crippen molar-refractivity contribution in [1.29, 1.82) is 0 Å². The first-order valence-corrected chi connectivity index (χ1v) is 8.62. The molecule has 0 saturated heterocycles. The van der Waals surface area contributed by atoms with E-state index in [9.17, 15) is 14.4 Å². The number of carbonyl (C=O) groups excluding carboxylic acids is 3. The number of nitrogens with zero attached hydrogens (tertiary/aromatic N) is 1. The maximum Gasteiger partial charge on any atom is 0.338 e. The van der Waals surface area contributed by atoms with Gasteiger partial charge in [0.2, 0.25) is 0 Å². The van der Waals surface area contributed by atoms with E-state index < -0.39 is 24.6 Å². The van der Waals surface area contributed by atoms with Gasteiger partial charge in [-0.25, -0.2) is 4.79 Å². The zero-order chi connectivity index (χ0) is 20.1. The number of para-hydroxylation sites is 2. The van der Waals surface area contributed by atoms with Crippen LogP contribution in [0.15, 0.2) is 48.5 Å². The third-order valence-electron chi connectivity index (χ3n) is 4.25. The van der Waals surface area contributed by atoms with Gasteiger partial charge >= 0.3 is 5.97 Å². The first-order valence-electron chi connectivity index (χ1n) is 8.62. The third-order valence-corrected chi connectivity index (χ3v) is 4.25. The highest BCUT2D eigenvalue weighted by atomic mass is 16.5. The number of carbonyl (C=O) groups is 3. The Morgan fingerprint density at radius 3 is 2.71 bits per heavy atom. The van der Waals surface area contributed by atoms with E-state index in [2.05, 4.69) is 5.32 Å². The van der Waals surface area contributed by atoms with E-state index in [-0.39, 0.29) is 18.0 Å². The molecule has 28 heavy (non-hydrogen) atoms. The number of fused-ring (bicyclic) bond motifs is 1. The molecule has 1 aliphatic heterocycles. The molecule has 1 heterocycles. The Kier molecular flexibility index (Phi) is 5.78. The van der Waals surface area contributed by atoms with Crippen LogP contribution in [0, 0.1) is 0 Å². The normalized spacial score (nSPS) is 15.1. The van der Waals surface area contributed by atoms with Crippen LogP contribution in [-0.4, -0.2) is 51.2 Å². The number of rotatable bonds is 5. The monoisotopic (exact) mass is 384 g/mol. The highest BCUT2D eigenvalue weighted by Crippen LogP contribution is 2.33. The maximum absolute atomic E-state index is 12.7. The quantitative estimate of drug-likeness (QED) is 0.783. The average Bonchev–Trinajstić information content (AvgIpc) is 2.75. The lowest BCUT2D eigenvalue weighted by molar-refractivity contribution is -0.128. The van der Waals surface area contributed by atoms with Crippen LogP contribution in [-0.2, 0) is 14.3 Å². The Balaban J connectivity index is 1.72. The Morgan fingerprint density at radius 2 is 1.96 bits per heavy atom. The molecule has 1 aliphatic rings. The lowest BCUT2D eigenvalue weighted by Gasteiger charge is -2.33. The van der Waals surface area contributed by atoms with Gasteiger partial charge in [0.1, 0.15) is 11.5 Å². The molecule has 0 fully saturated rings. The highest BCUT2D eigenvalue weighted by Gasteiger charge is 2.33. The van der Waals surface area contributed by atoms with Gasteiger partial charge in [-0.3, -0.25) is 9.59 Å². The van der Waals surface area contributed by atoms with Gasteiger partial charge in [0.15, 0.2) is 12.7 Å². The largest absolute Gasteiger partial charge is 0.497 e. The summed E-state index contributed by atoms with van der Waals surface area (Å²) in [5.74, 6) is -0.524. The number of esters is 1. The zero-order valence-corrected chi connectivity index (χ0v) is 15.5. The molecule has 1 atom stereocenters. The summed E-state index contributed by atoms with van der Waals surface area (Å²) in [4.78, 5) is 38.3. The molecule has 0 spiro atoms. The lowest BCUT2D eigenvalue weighted by Crippen LogP contribution is -2.51. The summed E-state index contributed by atoms with van der Waals surface area (Å²) in [6.07, 6.45) is -0.849. The van der Waals surface area contributed by atoms with Crippen molar-refractivity contribution < 1.29 is 28.6 Å². The summed E-state index contributed by atoms with van der Waals surface area (Å²) in [7, 11) is 2.99. The number of ether oxygens (including phenoxy) is 3. The van der Waals surface area contributed by atoms with Crippen LogP contribution in [0.1, 0.15) is 10.4 Å². The molecule has 146 valence electrons. The van der Waals surface area contributed by atoms with E-state index in [1.54, 1.807) is 42.5 Å². The average molecular weight is 384 g/mol. The Bertz CT molecular complexity index is 898. The fraction of sp³-hybridized carbons (Fsp3) is 0.250. The van der Waals surface area contributed by atoms with E-state index in [1.165, 1.54) is 25.1 Å². The Labute approximate surface area is 162 Å². The van der Waals surface area contributed by atoms with E-state index in [0.717, 1.165) is 0 Å². The number of hydrogen-bond acceptors (Lipinski definition) is 6. The molecule has 2 amide bonds. The molecule has 1 unspecified atom stereocenters. The molecule has 0 bridgehead atoms. The number of methoxy groups -OCH3 is 1. The molecule has 0 radical (unpaired) electrons. The van der Waals surface area contributed by atoms with Crippen molar-refractivity contribution in [2.75, 3.05) is 32.2 Å². The van der Waals surface area contributed by atoms with Crippen molar-refractivity contribution in [3.63, 3.8) is 0 Å².